The lowest BCUT2D eigenvalue weighted by Crippen LogP contribution is -2.50. The minimum Gasteiger partial charge on any atom is -0.365 e. The molecule has 5 heteroatoms. The number of halogens is 1. The fourth-order valence-electron chi connectivity index (χ4n) is 1.86. The van der Waals surface area contributed by atoms with E-state index in [0.717, 1.165) is 15.7 Å². The van der Waals surface area contributed by atoms with Gasteiger partial charge in [-0.05, 0) is 30.7 Å². The van der Waals surface area contributed by atoms with E-state index in [1.54, 1.807) is 4.90 Å². The highest BCUT2D eigenvalue weighted by Crippen LogP contribution is 2.24. The first-order valence-corrected chi connectivity index (χ1v) is 6.32. The quantitative estimate of drug-likeness (QED) is 0.899. The summed E-state index contributed by atoms with van der Waals surface area (Å²) in [5.74, 6) is -0.0551. The molecule has 1 aliphatic rings. The number of morpholine rings is 1. The minimum atomic E-state index is -0.507. The molecule has 2 N–H and O–H groups in total. The number of anilines is 1. The summed E-state index contributed by atoms with van der Waals surface area (Å²) in [5, 5.41) is 0. The number of carbonyl (C=O) groups is 1. The number of carbonyl (C=O) groups excluding carboxylic acids is 1. The second kappa shape index (κ2) is 5.16. The van der Waals surface area contributed by atoms with Crippen LogP contribution in [0.15, 0.2) is 22.7 Å². The summed E-state index contributed by atoms with van der Waals surface area (Å²) in [6.45, 7) is 3.34. The first kappa shape index (κ1) is 12.5. The van der Waals surface area contributed by atoms with Crippen molar-refractivity contribution >= 4 is 27.5 Å². The normalized spacial score (nSPS) is 20.8. The van der Waals surface area contributed by atoms with Crippen molar-refractivity contribution in [3.63, 3.8) is 0 Å². The number of ether oxygens (including phenoxy) is 1. The van der Waals surface area contributed by atoms with Crippen LogP contribution in [0.25, 0.3) is 0 Å². The van der Waals surface area contributed by atoms with Crippen LogP contribution in [0.3, 0.4) is 0 Å². The van der Waals surface area contributed by atoms with Crippen LogP contribution in [0.1, 0.15) is 5.56 Å². The van der Waals surface area contributed by atoms with Crippen molar-refractivity contribution < 1.29 is 9.53 Å². The second-order valence-electron chi connectivity index (χ2n) is 4.02. The summed E-state index contributed by atoms with van der Waals surface area (Å²) in [5.41, 5.74) is 7.51. The van der Waals surface area contributed by atoms with E-state index in [1.807, 2.05) is 25.1 Å². The van der Waals surface area contributed by atoms with E-state index in [0.29, 0.717) is 13.2 Å². The Labute approximate surface area is 109 Å². The summed E-state index contributed by atoms with van der Waals surface area (Å²) in [4.78, 5) is 13.8. The maximum atomic E-state index is 12.1. The minimum absolute atomic E-state index is 0.0551. The van der Waals surface area contributed by atoms with Gasteiger partial charge in [-0.25, -0.2) is 0 Å². The zero-order valence-corrected chi connectivity index (χ0v) is 11.2. The van der Waals surface area contributed by atoms with Gasteiger partial charge in [-0.15, -0.1) is 0 Å². The number of amides is 1. The van der Waals surface area contributed by atoms with Gasteiger partial charge in [0, 0.05) is 23.2 Å². The zero-order valence-electron chi connectivity index (χ0n) is 9.65. The molecule has 1 aromatic carbocycles. The Bertz CT molecular complexity index is 437. The smallest absolute Gasteiger partial charge is 0.257 e. The highest BCUT2D eigenvalue weighted by molar-refractivity contribution is 9.10. The van der Waals surface area contributed by atoms with Gasteiger partial charge in [-0.1, -0.05) is 15.9 Å². The van der Waals surface area contributed by atoms with Crippen molar-refractivity contribution in [1.29, 1.82) is 0 Å². The number of benzene rings is 1. The lowest BCUT2D eigenvalue weighted by Gasteiger charge is -2.32. The fraction of sp³-hybridized carbons (Fsp3) is 0.417. The Morgan fingerprint density at radius 3 is 3.00 bits per heavy atom. The van der Waals surface area contributed by atoms with Gasteiger partial charge in [-0.2, -0.15) is 0 Å². The SMILES string of the molecule is Cc1cc(N2CCOC(CN)C2=O)ccc1Br. The van der Waals surface area contributed by atoms with Crippen LogP contribution < -0.4 is 10.6 Å². The number of hydrogen-bond donors (Lipinski definition) is 1. The van der Waals surface area contributed by atoms with E-state index in [2.05, 4.69) is 15.9 Å². The largest absolute Gasteiger partial charge is 0.365 e. The molecule has 1 fully saturated rings. The summed E-state index contributed by atoms with van der Waals surface area (Å²) >= 11 is 3.45. The third-order valence-corrected chi connectivity index (χ3v) is 3.73. The van der Waals surface area contributed by atoms with Gasteiger partial charge in [0.25, 0.3) is 5.91 Å². The lowest BCUT2D eigenvalue weighted by molar-refractivity contribution is -0.133. The molecule has 17 heavy (non-hydrogen) atoms. The molecular weight excluding hydrogens is 284 g/mol. The van der Waals surface area contributed by atoms with Crippen molar-refractivity contribution in [3.8, 4) is 0 Å². The summed E-state index contributed by atoms with van der Waals surface area (Å²) in [6, 6.07) is 5.86. The van der Waals surface area contributed by atoms with Gasteiger partial charge < -0.3 is 15.4 Å². The monoisotopic (exact) mass is 298 g/mol. The molecule has 0 spiro atoms. The molecule has 92 valence electrons. The molecule has 1 heterocycles. The molecule has 2 rings (SSSR count). The van der Waals surface area contributed by atoms with E-state index in [-0.39, 0.29) is 12.5 Å². The molecular formula is C12H15BrN2O2. The van der Waals surface area contributed by atoms with E-state index in [1.165, 1.54) is 0 Å². The average molecular weight is 299 g/mol. The van der Waals surface area contributed by atoms with Crippen LogP contribution in [0.2, 0.25) is 0 Å². The van der Waals surface area contributed by atoms with Crippen LogP contribution in [0.5, 0.6) is 0 Å². The van der Waals surface area contributed by atoms with Crippen LogP contribution in [-0.4, -0.2) is 31.7 Å². The summed E-state index contributed by atoms with van der Waals surface area (Å²) in [6.07, 6.45) is -0.507. The number of nitrogens with two attached hydrogens (primary N) is 1. The first-order valence-electron chi connectivity index (χ1n) is 5.52. The third-order valence-electron chi connectivity index (χ3n) is 2.84. The molecule has 1 aromatic rings. The topological polar surface area (TPSA) is 55.6 Å². The van der Waals surface area contributed by atoms with E-state index in [9.17, 15) is 4.79 Å². The predicted octanol–water partition coefficient (Wildman–Crippen LogP) is 1.45. The van der Waals surface area contributed by atoms with Gasteiger partial charge >= 0.3 is 0 Å². The van der Waals surface area contributed by atoms with Crippen LogP contribution in [0.4, 0.5) is 5.69 Å². The Kier molecular flexibility index (Phi) is 3.81. The Morgan fingerprint density at radius 2 is 2.35 bits per heavy atom. The molecule has 0 aliphatic carbocycles. The van der Waals surface area contributed by atoms with Crippen LogP contribution in [-0.2, 0) is 9.53 Å². The van der Waals surface area contributed by atoms with Crippen LogP contribution in [0, 0.1) is 6.92 Å². The predicted molar refractivity (Wildman–Crippen MR) is 70.0 cm³/mol. The van der Waals surface area contributed by atoms with Gasteiger partial charge in [0.05, 0.1) is 6.61 Å². The molecule has 0 aromatic heterocycles. The third kappa shape index (κ3) is 2.51. The first-order chi connectivity index (χ1) is 8.13. The van der Waals surface area contributed by atoms with Gasteiger partial charge in [0.2, 0.25) is 0 Å². The van der Waals surface area contributed by atoms with Crippen molar-refractivity contribution in [2.24, 2.45) is 5.73 Å². The summed E-state index contributed by atoms with van der Waals surface area (Å²) in [7, 11) is 0. The maximum absolute atomic E-state index is 12.1. The standard InChI is InChI=1S/C12H15BrN2O2/c1-8-6-9(2-3-10(8)13)15-4-5-17-11(7-14)12(15)16/h2-3,6,11H,4-5,7,14H2,1H3. The molecule has 1 atom stereocenters. The van der Waals surface area contributed by atoms with E-state index < -0.39 is 6.10 Å². The Morgan fingerprint density at radius 1 is 1.59 bits per heavy atom. The molecule has 1 saturated heterocycles. The van der Waals surface area contributed by atoms with Crippen molar-refractivity contribution in [2.45, 2.75) is 13.0 Å². The van der Waals surface area contributed by atoms with E-state index >= 15 is 0 Å². The molecule has 4 nitrogen and oxygen atoms in total. The molecule has 0 saturated carbocycles. The highest BCUT2D eigenvalue weighted by Gasteiger charge is 2.29. The molecule has 1 amide bonds. The van der Waals surface area contributed by atoms with Crippen molar-refractivity contribution in [3.05, 3.63) is 28.2 Å². The van der Waals surface area contributed by atoms with Gasteiger partial charge in [-0.3, -0.25) is 4.79 Å². The van der Waals surface area contributed by atoms with Crippen molar-refractivity contribution in [1.82, 2.24) is 0 Å². The Hall–Kier alpha value is -0.910. The zero-order chi connectivity index (χ0) is 12.4. The molecule has 0 radical (unpaired) electrons. The average Bonchev–Trinajstić information content (AvgIpc) is 2.33. The fourth-order valence-corrected chi connectivity index (χ4v) is 2.11. The number of nitrogens with zero attached hydrogens (tertiary/aromatic N) is 1. The van der Waals surface area contributed by atoms with Gasteiger partial charge in [0.15, 0.2) is 0 Å². The maximum Gasteiger partial charge on any atom is 0.257 e. The summed E-state index contributed by atoms with van der Waals surface area (Å²) < 4.78 is 6.36. The number of hydrogen-bond acceptors (Lipinski definition) is 3. The van der Waals surface area contributed by atoms with Crippen molar-refractivity contribution in [2.75, 3.05) is 24.6 Å². The molecule has 1 aliphatic heterocycles. The number of rotatable bonds is 2. The van der Waals surface area contributed by atoms with Gasteiger partial charge in [0.1, 0.15) is 6.10 Å². The Balaban J connectivity index is 2.26. The molecule has 0 bridgehead atoms. The second-order valence-corrected chi connectivity index (χ2v) is 4.87. The number of aryl methyl sites for hydroxylation is 1. The van der Waals surface area contributed by atoms with Crippen LogP contribution >= 0.6 is 15.9 Å². The molecule has 1 unspecified atom stereocenters. The highest BCUT2D eigenvalue weighted by atomic mass is 79.9. The lowest BCUT2D eigenvalue weighted by atomic mass is 10.1. The van der Waals surface area contributed by atoms with E-state index in [4.69, 9.17) is 10.5 Å².